The molecule has 25 heavy (non-hydrogen) atoms. The lowest BCUT2D eigenvalue weighted by Crippen LogP contribution is -2.70. The normalized spacial score (nSPS) is 21.2. The van der Waals surface area contributed by atoms with Gasteiger partial charge in [0.15, 0.2) is 0 Å². The molecule has 2 aliphatic rings. The monoisotopic (exact) mass is 361 g/mol. The highest BCUT2D eigenvalue weighted by molar-refractivity contribution is 8.00. The molecule has 1 unspecified atom stereocenters. The summed E-state index contributed by atoms with van der Waals surface area (Å²) in [6.07, 6.45) is 3.69. The molecule has 1 aromatic rings. The maximum atomic E-state index is 12.4. The summed E-state index contributed by atoms with van der Waals surface area (Å²) < 4.78 is 0. The number of carbonyl (C=O) groups is 3. The van der Waals surface area contributed by atoms with E-state index in [1.807, 2.05) is 6.08 Å². The average molecular weight is 361 g/mol. The van der Waals surface area contributed by atoms with Gasteiger partial charge in [-0.25, -0.2) is 4.79 Å². The van der Waals surface area contributed by atoms with Crippen molar-refractivity contribution in [3.63, 3.8) is 0 Å². The molecule has 2 heterocycles. The van der Waals surface area contributed by atoms with Crippen LogP contribution in [-0.4, -0.2) is 53.5 Å². The molecule has 0 bridgehead atoms. The number of thioether (sulfide) groups is 1. The fourth-order valence-corrected chi connectivity index (χ4v) is 3.96. The van der Waals surface area contributed by atoms with E-state index in [1.54, 1.807) is 47.1 Å². The van der Waals surface area contributed by atoms with E-state index in [9.17, 15) is 14.4 Å². The molecular formula is C16H19N5O3S. The van der Waals surface area contributed by atoms with E-state index in [4.69, 9.17) is 5.73 Å². The van der Waals surface area contributed by atoms with Crippen LogP contribution in [0.4, 0.5) is 16.2 Å². The number of anilines is 2. The zero-order valence-corrected chi connectivity index (χ0v) is 14.5. The topological polar surface area (TPSA) is 108 Å². The number of hydrogen-bond acceptors (Lipinski definition) is 5. The number of β-lactam (4-membered cyclic amide) rings is 1. The third-order valence-corrected chi connectivity index (χ3v) is 5.24. The van der Waals surface area contributed by atoms with Gasteiger partial charge in [-0.15, -0.1) is 11.8 Å². The number of fused-ring (bicyclic) bond motifs is 1. The number of nitrogens with zero attached hydrogens (tertiary/aromatic N) is 2. The van der Waals surface area contributed by atoms with Crippen molar-refractivity contribution in [2.24, 2.45) is 5.73 Å². The van der Waals surface area contributed by atoms with E-state index >= 15 is 0 Å². The van der Waals surface area contributed by atoms with Gasteiger partial charge in [-0.1, -0.05) is 6.08 Å². The van der Waals surface area contributed by atoms with E-state index in [1.165, 1.54) is 11.9 Å². The minimum atomic E-state index is -0.566. The molecule has 0 saturated carbocycles. The van der Waals surface area contributed by atoms with Gasteiger partial charge in [0.2, 0.25) is 5.91 Å². The highest BCUT2D eigenvalue weighted by atomic mass is 32.2. The SMILES string of the molecule is CNC(=O)Nc1ccc(N(C(=O)CN)C2C(=O)N3C=CCS[C@H]23)cc1. The number of rotatable bonds is 4. The Balaban J connectivity index is 1.84. The molecule has 2 atom stereocenters. The van der Waals surface area contributed by atoms with Crippen molar-refractivity contribution in [3.05, 3.63) is 36.5 Å². The Kier molecular flexibility index (Phi) is 4.95. The summed E-state index contributed by atoms with van der Waals surface area (Å²) in [6.45, 7) is -0.185. The number of carbonyl (C=O) groups excluding carboxylic acids is 3. The second-order valence-electron chi connectivity index (χ2n) is 5.52. The first kappa shape index (κ1) is 17.3. The van der Waals surface area contributed by atoms with Crippen LogP contribution in [0.15, 0.2) is 36.5 Å². The largest absolute Gasteiger partial charge is 0.341 e. The van der Waals surface area contributed by atoms with Crippen molar-refractivity contribution >= 4 is 41.0 Å². The fourth-order valence-electron chi connectivity index (χ4n) is 2.81. The summed E-state index contributed by atoms with van der Waals surface area (Å²) in [5.41, 5.74) is 6.71. The van der Waals surface area contributed by atoms with E-state index in [-0.39, 0.29) is 29.8 Å². The highest BCUT2D eigenvalue weighted by Gasteiger charge is 2.52. The van der Waals surface area contributed by atoms with Crippen molar-refractivity contribution < 1.29 is 14.4 Å². The molecule has 4 amide bonds. The molecule has 132 valence electrons. The van der Waals surface area contributed by atoms with Crippen LogP contribution in [0, 0.1) is 0 Å². The van der Waals surface area contributed by atoms with E-state index < -0.39 is 6.04 Å². The van der Waals surface area contributed by atoms with Gasteiger partial charge in [-0.05, 0) is 24.3 Å². The molecule has 4 N–H and O–H groups in total. The minimum absolute atomic E-state index is 0.100. The van der Waals surface area contributed by atoms with E-state index in [2.05, 4.69) is 10.6 Å². The average Bonchev–Trinajstić information content (AvgIpc) is 2.65. The molecular weight excluding hydrogens is 342 g/mol. The second-order valence-corrected chi connectivity index (χ2v) is 6.67. The van der Waals surface area contributed by atoms with Crippen LogP contribution < -0.4 is 21.3 Å². The molecule has 0 aromatic heterocycles. The molecule has 1 aromatic carbocycles. The van der Waals surface area contributed by atoms with Crippen LogP contribution in [0.3, 0.4) is 0 Å². The summed E-state index contributed by atoms with van der Waals surface area (Å²) in [5, 5.41) is 5.01. The number of hydrogen-bond donors (Lipinski definition) is 3. The molecule has 3 rings (SSSR count). The lowest BCUT2D eigenvalue weighted by molar-refractivity contribution is -0.142. The van der Waals surface area contributed by atoms with Gasteiger partial charge in [0, 0.05) is 30.4 Å². The second kappa shape index (κ2) is 7.16. The molecule has 0 spiro atoms. The van der Waals surface area contributed by atoms with Crippen LogP contribution in [-0.2, 0) is 9.59 Å². The van der Waals surface area contributed by atoms with Crippen LogP contribution in [0.1, 0.15) is 0 Å². The molecule has 9 heteroatoms. The summed E-state index contributed by atoms with van der Waals surface area (Å²) in [5.74, 6) is 0.355. The van der Waals surface area contributed by atoms with E-state index in [0.717, 1.165) is 5.75 Å². The van der Waals surface area contributed by atoms with E-state index in [0.29, 0.717) is 11.4 Å². The fraction of sp³-hybridized carbons (Fsp3) is 0.312. The quantitative estimate of drug-likeness (QED) is 0.678. The Morgan fingerprint density at radius 3 is 2.72 bits per heavy atom. The Bertz CT molecular complexity index is 721. The summed E-state index contributed by atoms with van der Waals surface area (Å²) in [7, 11) is 1.52. The molecule has 8 nitrogen and oxygen atoms in total. The molecule has 2 aliphatic heterocycles. The van der Waals surface area contributed by atoms with Crippen molar-refractivity contribution in [1.29, 1.82) is 0 Å². The van der Waals surface area contributed by atoms with Crippen LogP contribution in [0.2, 0.25) is 0 Å². The van der Waals surface area contributed by atoms with Gasteiger partial charge in [0.25, 0.3) is 5.91 Å². The minimum Gasteiger partial charge on any atom is -0.341 e. The van der Waals surface area contributed by atoms with Gasteiger partial charge in [-0.2, -0.15) is 0 Å². The number of nitrogens with one attached hydrogen (secondary N) is 2. The third kappa shape index (κ3) is 3.20. The first-order valence-corrected chi connectivity index (χ1v) is 8.83. The van der Waals surface area contributed by atoms with Crippen LogP contribution in [0.25, 0.3) is 0 Å². The first-order chi connectivity index (χ1) is 12.1. The zero-order chi connectivity index (χ0) is 18.0. The van der Waals surface area contributed by atoms with Gasteiger partial charge in [-0.3, -0.25) is 14.5 Å². The van der Waals surface area contributed by atoms with Crippen LogP contribution in [0.5, 0.6) is 0 Å². The number of benzene rings is 1. The predicted molar refractivity (Wildman–Crippen MR) is 97.1 cm³/mol. The number of nitrogens with two attached hydrogens (primary N) is 1. The van der Waals surface area contributed by atoms with Crippen molar-refractivity contribution in [2.45, 2.75) is 11.4 Å². The first-order valence-electron chi connectivity index (χ1n) is 7.78. The summed E-state index contributed by atoms with van der Waals surface area (Å²) in [6, 6.07) is 5.84. The Morgan fingerprint density at radius 2 is 2.08 bits per heavy atom. The van der Waals surface area contributed by atoms with Gasteiger partial charge >= 0.3 is 6.03 Å². The zero-order valence-electron chi connectivity index (χ0n) is 13.6. The Morgan fingerprint density at radius 1 is 1.36 bits per heavy atom. The number of amides is 4. The maximum Gasteiger partial charge on any atom is 0.318 e. The lowest BCUT2D eigenvalue weighted by Gasteiger charge is -2.50. The van der Waals surface area contributed by atoms with Crippen molar-refractivity contribution in [3.8, 4) is 0 Å². The smallest absolute Gasteiger partial charge is 0.318 e. The molecule has 1 saturated heterocycles. The van der Waals surface area contributed by atoms with Crippen LogP contribution >= 0.6 is 11.8 Å². The van der Waals surface area contributed by atoms with Gasteiger partial charge in [0.05, 0.1) is 6.54 Å². The van der Waals surface area contributed by atoms with Gasteiger partial charge < -0.3 is 21.3 Å². The number of urea groups is 1. The summed E-state index contributed by atoms with van der Waals surface area (Å²) >= 11 is 1.61. The molecule has 1 fully saturated rings. The van der Waals surface area contributed by atoms with Gasteiger partial charge in [0.1, 0.15) is 11.4 Å². The van der Waals surface area contributed by atoms with Crippen molar-refractivity contribution in [1.82, 2.24) is 10.2 Å². The summed E-state index contributed by atoms with van der Waals surface area (Å²) in [4.78, 5) is 39.3. The standard InChI is InChI=1S/C16H19N5O3S/c1-18-16(24)19-10-3-5-11(6-4-10)21(12(22)9-17)13-14(23)20-7-2-8-25-15(13)20/h2-7,13,15H,8-9,17H2,1H3,(H2,18,19,24)/t13?,15-/m1/s1. The molecule has 0 aliphatic carbocycles. The van der Waals surface area contributed by atoms with Crippen molar-refractivity contribution in [2.75, 3.05) is 29.6 Å². The third-order valence-electron chi connectivity index (χ3n) is 4.03. The Hall–Kier alpha value is -2.52. The molecule has 0 radical (unpaired) electrons. The Labute approximate surface area is 149 Å². The predicted octanol–water partition coefficient (Wildman–Crippen LogP) is 0.527. The lowest BCUT2D eigenvalue weighted by atomic mass is 10.0. The highest BCUT2D eigenvalue weighted by Crippen LogP contribution is 2.38. The maximum absolute atomic E-state index is 12.4.